The number of nitrogens with one attached hydrogen (secondary N) is 1. The highest BCUT2D eigenvalue weighted by molar-refractivity contribution is 7.89. The van der Waals surface area contributed by atoms with Crippen LogP contribution in [0.3, 0.4) is 0 Å². The number of rotatable bonds is 6. The van der Waals surface area contributed by atoms with Gasteiger partial charge in [-0.1, -0.05) is 24.6 Å². The van der Waals surface area contributed by atoms with Crippen LogP contribution in [0, 0.1) is 6.92 Å². The SMILES string of the molecule is CCC(CC(C)=O)NS(=O)(=O)c1ccc(C)cc1. The van der Waals surface area contributed by atoms with E-state index in [4.69, 9.17) is 0 Å². The molecule has 0 radical (unpaired) electrons. The molecule has 0 aliphatic heterocycles. The van der Waals surface area contributed by atoms with Gasteiger partial charge < -0.3 is 0 Å². The van der Waals surface area contributed by atoms with Gasteiger partial charge in [0.15, 0.2) is 0 Å². The van der Waals surface area contributed by atoms with Crippen LogP contribution in [0.1, 0.15) is 32.3 Å². The third-order valence-corrected chi connectivity index (χ3v) is 4.22. The normalized spacial score (nSPS) is 13.3. The fourth-order valence-electron chi connectivity index (χ4n) is 1.62. The Morgan fingerprint density at radius 2 is 1.83 bits per heavy atom. The van der Waals surface area contributed by atoms with E-state index in [1.165, 1.54) is 6.92 Å². The smallest absolute Gasteiger partial charge is 0.240 e. The van der Waals surface area contributed by atoms with Gasteiger partial charge in [0.2, 0.25) is 10.0 Å². The Morgan fingerprint density at radius 1 is 1.28 bits per heavy atom. The molecule has 1 unspecified atom stereocenters. The summed E-state index contributed by atoms with van der Waals surface area (Å²) in [4.78, 5) is 11.3. The molecule has 0 aliphatic carbocycles. The summed E-state index contributed by atoms with van der Waals surface area (Å²) in [7, 11) is -3.54. The highest BCUT2D eigenvalue weighted by Crippen LogP contribution is 2.12. The maximum Gasteiger partial charge on any atom is 0.240 e. The molecule has 0 fully saturated rings. The van der Waals surface area contributed by atoms with Crippen LogP contribution in [-0.2, 0) is 14.8 Å². The minimum atomic E-state index is -3.54. The van der Waals surface area contributed by atoms with Crippen molar-refractivity contribution in [2.24, 2.45) is 0 Å². The molecule has 0 heterocycles. The first-order chi connectivity index (χ1) is 8.35. The number of hydrogen-bond donors (Lipinski definition) is 1. The lowest BCUT2D eigenvalue weighted by Gasteiger charge is -2.15. The molecule has 18 heavy (non-hydrogen) atoms. The fraction of sp³-hybridized carbons (Fsp3) is 0.462. The monoisotopic (exact) mass is 269 g/mol. The van der Waals surface area contributed by atoms with Gasteiger partial charge >= 0.3 is 0 Å². The van der Waals surface area contributed by atoms with Gasteiger partial charge in [-0.3, -0.25) is 4.79 Å². The van der Waals surface area contributed by atoms with Crippen molar-refractivity contribution in [1.82, 2.24) is 4.72 Å². The van der Waals surface area contributed by atoms with Crippen molar-refractivity contribution < 1.29 is 13.2 Å². The molecule has 0 saturated carbocycles. The molecule has 5 heteroatoms. The van der Waals surface area contributed by atoms with Crippen LogP contribution in [0.15, 0.2) is 29.2 Å². The van der Waals surface area contributed by atoms with E-state index >= 15 is 0 Å². The highest BCUT2D eigenvalue weighted by Gasteiger charge is 2.19. The summed E-state index contributed by atoms with van der Waals surface area (Å²) in [5, 5.41) is 0. The number of aryl methyl sites for hydroxylation is 1. The average molecular weight is 269 g/mol. The van der Waals surface area contributed by atoms with Crippen LogP contribution in [0.4, 0.5) is 0 Å². The Hall–Kier alpha value is -1.20. The maximum absolute atomic E-state index is 12.1. The number of sulfonamides is 1. The zero-order chi connectivity index (χ0) is 13.8. The summed E-state index contributed by atoms with van der Waals surface area (Å²) < 4.78 is 26.7. The fourth-order valence-corrected chi connectivity index (χ4v) is 2.94. The number of Topliss-reactive ketones (excluding diaryl/α,β-unsaturated/α-hetero) is 1. The van der Waals surface area contributed by atoms with E-state index in [9.17, 15) is 13.2 Å². The first-order valence-corrected chi connectivity index (χ1v) is 7.42. The van der Waals surface area contributed by atoms with Crippen LogP contribution in [0.5, 0.6) is 0 Å². The van der Waals surface area contributed by atoms with Crippen molar-refractivity contribution in [1.29, 1.82) is 0 Å². The molecule has 0 saturated heterocycles. The Balaban J connectivity index is 2.86. The predicted octanol–water partition coefficient (Wildman–Crippen LogP) is 2.03. The van der Waals surface area contributed by atoms with Gasteiger partial charge in [-0.05, 0) is 32.4 Å². The molecule has 0 spiro atoms. The molecule has 1 rings (SSSR count). The van der Waals surface area contributed by atoms with E-state index < -0.39 is 10.0 Å². The Kier molecular flexibility index (Phi) is 5.04. The maximum atomic E-state index is 12.1. The molecular weight excluding hydrogens is 250 g/mol. The van der Waals surface area contributed by atoms with Crippen molar-refractivity contribution in [2.45, 2.75) is 44.6 Å². The van der Waals surface area contributed by atoms with E-state index in [1.807, 2.05) is 13.8 Å². The minimum Gasteiger partial charge on any atom is -0.300 e. The van der Waals surface area contributed by atoms with Crippen LogP contribution in [-0.4, -0.2) is 20.2 Å². The summed E-state index contributed by atoms with van der Waals surface area (Å²) in [6.45, 7) is 5.21. The van der Waals surface area contributed by atoms with Gasteiger partial charge in [0.1, 0.15) is 5.78 Å². The van der Waals surface area contributed by atoms with Gasteiger partial charge in [-0.15, -0.1) is 0 Å². The topological polar surface area (TPSA) is 63.2 Å². The number of benzene rings is 1. The van der Waals surface area contributed by atoms with E-state index in [2.05, 4.69) is 4.72 Å². The first-order valence-electron chi connectivity index (χ1n) is 5.93. The quantitative estimate of drug-likeness (QED) is 0.859. The Bertz CT molecular complexity index is 506. The molecule has 100 valence electrons. The number of ketones is 1. The minimum absolute atomic E-state index is 0.0199. The molecule has 0 aliphatic rings. The van der Waals surface area contributed by atoms with Crippen LogP contribution in [0.25, 0.3) is 0 Å². The summed E-state index contributed by atoms with van der Waals surface area (Å²) in [5.41, 5.74) is 1.00. The van der Waals surface area contributed by atoms with E-state index in [0.29, 0.717) is 6.42 Å². The van der Waals surface area contributed by atoms with Crippen LogP contribution < -0.4 is 4.72 Å². The van der Waals surface area contributed by atoms with Crippen molar-refractivity contribution >= 4 is 15.8 Å². The molecule has 1 aromatic carbocycles. The van der Waals surface area contributed by atoms with Gasteiger partial charge in [0.25, 0.3) is 0 Å². The van der Waals surface area contributed by atoms with Crippen molar-refractivity contribution in [2.75, 3.05) is 0 Å². The number of carbonyl (C=O) groups excluding carboxylic acids is 1. The molecule has 1 N–H and O–H groups in total. The summed E-state index contributed by atoms with van der Waals surface area (Å²) in [6.07, 6.45) is 0.812. The number of hydrogen-bond acceptors (Lipinski definition) is 3. The van der Waals surface area contributed by atoms with Gasteiger partial charge in [-0.2, -0.15) is 0 Å². The lowest BCUT2D eigenvalue weighted by atomic mass is 10.1. The van der Waals surface area contributed by atoms with Gasteiger partial charge in [0.05, 0.1) is 4.90 Å². The third-order valence-electron chi connectivity index (χ3n) is 2.68. The molecule has 0 amide bonds. The second-order valence-electron chi connectivity index (χ2n) is 4.45. The summed E-state index contributed by atoms with van der Waals surface area (Å²) in [5.74, 6) is -0.0199. The van der Waals surface area contributed by atoms with E-state index in [1.54, 1.807) is 24.3 Å². The lowest BCUT2D eigenvalue weighted by molar-refractivity contribution is -0.117. The second-order valence-corrected chi connectivity index (χ2v) is 6.16. The third kappa shape index (κ3) is 4.23. The summed E-state index contributed by atoms with van der Waals surface area (Å²) in [6, 6.07) is 6.30. The highest BCUT2D eigenvalue weighted by atomic mass is 32.2. The van der Waals surface area contributed by atoms with E-state index in [-0.39, 0.29) is 23.1 Å². The Labute approximate surface area is 108 Å². The first kappa shape index (κ1) is 14.9. The van der Waals surface area contributed by atoms with Crippen LogP contribution in [0.2, 0.25) is 0 Å². The zero-order valence-electron chi connectivity index (χ0n) is 10.9. The van der Waals surface area contributed by atoms with Gasteiger partial charge in [-0.25, -0.2) is 13.1 Å². The molecule has 0 bridgehead atoms. The largest absolute Gasteiger partial charge is 0.300 e. The standard InChI is InChI=1S/C13H19NO3S/c1-4-12(9-11(3)15)14-18(16,17)13-7-5-10(2)6-8-13/h5-8,12,14H,4,9H2,1-3H3. The van der Waals surface area contributed by atoms with Crippen molar-refractivity contribution in [3.05, 3.63) is 29.8 Å². The second kappa shape index (κ2) is 6.11. The van der Waals surface area contributed by atoms with Crippen molar-refractivity contribution in [3.63, 3.8) is 0 Å². The van der Waals surface area contributed by atoms with Gasteiger partial charge in [0, 0.05) is 12.5 Å². The Morgan fingerprint density at radius 3 is 2.28 bits per heavy atom. The molecule has 1 aromatic rings. The molecule has 1 atom stereocenters. The zero-order valence-corrected chi connectivity index (χ0v) is 11.8. The predicted molar refractivity (Wildman–Crippen MR) is 70.9 cm³/mol. The molecule has 4 nitrogen and oxygen atoms in total. The molecular formula is C13H19NO3S. The number of carbonyl (C=O) groups is 1. The lowest BCUT2D eigenvalue weighted by Crippen LogP contribution is -2.35. The van der Waals surface area contributed by atoms with Crippen molar-refractivity contribution in [3.8, 4) is 0 Å². The van der Waals surface area contributed by atoms with Crippen LogP contribution >= 0.6 is 0 Å². The molecule has 0 aromatic heterocycles. The van der Waals surface area contributed by atoms with E-state index in [0.717, 1.165) is 5.56 Å². The summed E-state index contributed by atoms with van der Waals surface area (Å²) >= 11 is 0. The average Bonchev–Trinajstić information content (AvgIpc) is 2.27.